The molecule has 2 heterocycles. The van der Waals surface area contributed by atoms with Gasteiger partial charge in [-0.1, -0.05) is 36.4 Å². The number of hydrogen-bond donors (Lipinski definition) is 2. The minimum Gasteiger partial charge on any atom is -0.336 e. The number of benzene rings is 2. The van der Waals surface area contributed by atoms with E-state index in [2.05, 4.69) is 15.7 Å². The predicted octanol–water partition coefficient (Wildman–Crippen LogP) is 2.57. The van der Waals surface area contributed by atoms with Gasteiger partial charge in [-0.05, 0) is 23.8 Å². The van der Waals surface area contributed by atoms with Crippen molar-refractivity contribution in [2.45, 2.75) is 19.3 Å². The minimum absolute atomic E-state index is 0.0694. The fraction of sp³-hybridized carbons (Fsp3) is 0.273. The topological polar surface area (TPSA) is 94.1 Å². The zero-order chi connectivity index (χ0) is 20.9. The van der Waals surface area contributed by atoms with E-state index in [4.69, 9.17) is 0 Å². The molecule has 4 rings (SSSR count). The van der Waals surface area contributed by atoms with Gasteiger partial charge in [0.2, 0.25) is 11.8 Å². The van der Waals surface area contributed by atoms with Crippen LogP contribution in [-0.2, 0) is 9.59 Å². The van der Waals surface area contributed by atoms with Gasteiger partial charge < -0.3 is 10.6 Å². The second-order valence-corrected chi connectivity index (χ2v) is 7.16. The zero-order valence-corrected chi connectivity index (χ0v) is 16.5. The van der Waals surface area contributed by atoms with E-state index in [0.29, 0.717) is 31.7 Å². The number of carbonyl (C=O) groups excluding carboxylic acids is 3. The first kappa shape index (κ1) is 19.6. The highest BCUT2D eigenvalue weighted by Crippen LogP contribution is 2.21. The Morgan fingerprint density at radius 3 is 2.63 bits per heavy atom. The normalized spacial score (nSPS) is 15.7. The fourth-order valence-electron chi connectivity index (χ4n) is 3.51. The zero-order valence-electron chi connectivity index (χ0n) is 16.5. The summed E-state index contributed by atoms with van der Waals surface area (Å²) in [6.07, 6.45) is 0.865. The maximum Gasteiger partial charge on any atom is 0.321 e. The van der Waals surface area contributed by atoms with Crippen LogP contribution >= 0.6 is 0 Å². The van der Waals surface area contributed by atoms with Gasteiger partial charge in [-0.3, -0.25) is 14.5 Å². The van der Waals surface area contributed by atoms with Gasteiger partial charge >= 0.3 is 6.03 Å². The maximum atomic E-state index is 12.4. The van der Waals surface area contributed by atoms with Crippen LogP contribution in [-0.4, -0.2) is 48.2 Å². The molecule has 1 fully saturated rings. The predicted molar refractivity (Wildman–Crippen MR) is 114 cm³/mol. The largest absolute Gasteiger partial charge is 0.336 e. The summed E-state index contributed by atoms with van der Waals surface area (Å²) < 4.78 is 0. The molecule has 30 heavy (non-hydrogen) atoms. The molecule has 2 aromatic carbocycles. The summed E-state index contributed by atoms with van der Waals surface area (Å²) in [5, 5.41) is 11.4. The molecule has 1 saturated heterocycles. The Bertz CT molecular complexity index is 989. The smallest absolute Gasteiger partial charge is 0.321 e. The molecule has 0 saturated carbocycles. The van der Waals surface area contributed by atoms with E-state index in [1.165, 1.54) is 5.01 Å². The van der Waals surface area contributed by atoms with Crippen LogP contribution in [0.3, 0.4) is 0 Å². The minimum atomic E-state index is -0.252. The Kier molecular flexibility index (Phi) is 5.74. The average molecular weight is 405 g/mol. The van der Waals surface area contributed by atoms with Crippen LogP contribution in [0.15, 0.2) is 59.7 Å². The molecule has 154 valence electrons. The Morgan fingerprint density at radius 2 is 1.87 bits per heavy atom. The molecule has 0 bridgehead atoms. The van der Waals surface area contributed by atoms with E-state index in [0.717, 1.165) is 17.0 Å². The first-order valence-electron chi connectivity index (χ1n) is 9.99. The molecule has 0 aliphatic carbocycles. The molecule has 2 aliphatic heterocycles. The molecule has 8 heteroatoms. The van der Waals surface area contributed by atoms with E-state index in [9.17, 15) is 14.4 Å². The summed E-state index contributed by atoms with van der Waals surface area (Å²) in [5.41, 5.74) is 3.21. The average Bonchev–Trinajstić information content (AvgIpc) is 3.42. The second-order valence-electron chi connectivity index (χ2n) is 7.16. The van der Waals surface area contributed by atoms with Crippen molar-refractivity contribution in [2.75, 3.05) is 29.9 Å². The number of nitrogens with zero attached hydrogens (tertiary/aromatic N) is 3. The third kappa shape index (κ3) is 4.48. The summed E-state index contributed by atoms with van der Waals surface area (Å²) in [5.74, 6) is -0.420. The van der Waals surface area contributed by atoms with Gasteiger partial charge in [0.1, 0.15) is 0 Å². The molecule has 0 aromatic heterocycles. The van der Waals surface area contributed by atoms with Crippen molar-refractivity contribution in [3.63, 3.8) is 0 Å². The fourth-order valence-corrected chi connectivity index (χ4v) is 3.51. The van der Waals surface area contributed by atoms with Crippen molar-refractivity contribution < 1.29 is 14.4 Å². The first-order chi connectivity index (χ1) is 14.6. The van der Waals surface area contributed by atoms with Crippen molar-refractivity contribution >= 4 is 34.9 Å². The molecule has 0 atom stereocenters. The Hall–Kier alpha value is -3.68. The monoisotopic (exact) mass is 405 g/mol. The van der Waals surface area contributed by atoms with Crippen LogP contribution in [0.25, 0.3) is 0 Å². The number of nitrogens with one attached hydrogen (secondary N) is 2. The molecule has 2 N–H and O–H groups in total. The van der Waals surface area contributed by atoms with E-state index in [-0.39, 0.29) is 30.7 Å². The Morgan fingerprint density at radius 1 is 1.03 bits per heavy atom. The maximum absolute atomic E-state index is 12.4. The number of rotatable bonds is 6. The van der Waals surface area contributed by atoms with E-state index in [1.807, 2.05) is 36.4 Å². The Balaban J connectivity index is 1.29. The molecule has 0 radical (unpaired) electrons. The van der Waals surface area contributed by atoms with E-state index in [1.54, 1.807) is 23.1 Å². The molecule has 0 spiro atoms. The van der Waals surface area contributed by atoms with Gasteiger partial charge in [0.05, 0.1) is 12.3 Å². The highest BCUT2D eigenvalue weighted by Gasteiger charge is 2.23. The summed E-state index contributed by atoms with van der Waals surface area (Å²) >= 11 is 0. The standard InChI is InChI=1S/C22H23N5O3/c28-20(24-17-7-4-8-18(15-17)26-14-12-23-22(26)30)9-10-21(29)27-13-11-19(25-27)16-5-2-1-3-6-16/h1-8,15H,9-14H2,(H,23,30)(H,24,28). The number of carbonyl (C=O) groups is 3. The lowest BCUT2D eigenvalue weighted by atomic mass is 10.1. The summed E-state index contributed by atoms with van der Waals surface area (Å²) in [6, 6.07) is 16.7. The van der Waals surface area contributed by atoms with Gasteiger partial charge in [-0.2, -0.15) is 5.10 Å². The number of urea groups is 1. The number of amides is 4. The highest BCUT2D eigenvalue weighted by molar-refractivity contribution is 6.03. The summed E-state index contributed by atoms with van der Waals surface area (Å²) in [4.78, 5) is 38.2. The van der Waals surface area contributed by atoms with Crippen molar-refractivity contribution in [1.82, 2.24) is 10.3 Å². The van der Waals surface area contributed by atoms with Crippen molar-refractivity contribution in [2.24, 2.45) is 5.10 Å². The molecular weight excluding hydrogens is 382 g/mol. The third-order valence-electron chi connectivity index (χ3n) is 5.06. The number of hydrogen-bond acceptors (Lipinski definition) is 4. The molecule has 2 aliphatic rings. The van der Waals surface area contributed by atoms with Gasteiger partial charge in [0, 0.05) is 43.7 Å². The van der Waals surface area contributed by atoms with Gasteiger partial charge in [0.25, 0.3) is 0 Å². The van der Waals surface area contributed by atoms with Crippen LogP contribution in [0.1, 0.15) is 24.8 Å². The molecular formula is C22H23N5O3. The van der Waals surface area contributed by atoms with E-state index < -0.39 is 0 Å². The molecule has 2 aromatic rings. The van der Waals surface area contributed by atoms with Crippen LogP contribution in [0.2, 0.25) is 0 Å². The van der Waals surface area contributed by atoms with Crippen LogP contribution in [0.4, 0.5) is 16.2 Å². The van der Waals surface area contributed by atoms with Crippen molar-refractivity contribution in [1.29, 1.82) is 0 Å². The lowest BCUT2D eigenvalue weighted by molar-refractivity contribution is -0.132. The van der Waals surface area contributed by atoms with Gasteiger partial charge in [0.15, 0.2) is 0 Å². The third-order valence-corrected chi connectivity index (χ3v) is 5.06. The number of anilines is 2. The van der Waals surface area contributed by atoms with Crippen LogP contribution in [0, 0.1) is 0 Å². The quantitative estimate of drug-likeness (QED) is 0.773. The Labute approximate surface area is 174 Å². The van der Waals surface area contributed by atoms with Crippen LogP contribution in [0.5, 0.6) is 0 Å². The first-order valence-corrected chi connectivity index (χ1v) is 9.99. The molecule has 0 unspecified atom stereocenters. The SMILES string of the molecule is O=C(CCC(=O)N1CCC(c2ccccc2)=N1)Nc1cccc(N2CCNC2=O)c1. The molecule has 8 nitrogen and oxygen atoms in total. The van der Waals surface area contributed by atoms with Gasteiger partial charge in [-0.15, -0.1) is 0 Å². The lowest BCUT2D eigenvalue weighted by Gasteiger charge is -2.15. The van der Waals surface area contributed by atoms with E-state index >= 15 is 0 Å². The van der Waals surface area contributed by atoms with Crippen molar-refractivity contribution in [3.8, 4) is 0 Å². The van der Waals surface area contributed by atoms with Gasteiger partial charge in [-0.25, -0.2) is 9.80 Å². The van der Waals surface area contributed by atoms with Crippen molar-refractivity contribution in [3.05, 3.63) is 60.2 Å². The summed E-state index contributed by atoms with van der Waals surface area (Å²) in [6.45, 7) is 1.72. The second kappa shape index (κ2) is 8.77. The lowest BCUT2D eigenvalue weighted by Crippen LogP contribution is -2.27. The molecule has 4 amide bonds. The summed E-state index contributed by atoms with van der Waals surface area (Å²) in [7, 11) is 0. The highest BCUT2D eigenvalue weighted by atomic mass is 16.2. The number of hydrazone groups is 1. The van der Waals surface area contributed by atoms with Crippen LogP contribution < -0.4 is 15.5 Å².